The summed E-state index contributed by atoms with van der Waals surface area (Å²) in [5.41, 5.74) is 0. The molecule has 0 aromatic heterocycles. The summed E-state index contributed by atoms with van der Waals surface area (Å²) in [4.78, 5) is -0.960. The monoisotopic (exact) mass is 244 g/mol. The third-order valence-electron chi connectivity index (χ3n) is 1.23. The molecule has 0 spiro atoms. The van der Waals surface area contributed by atoms with Crippen molar-refractivity contribution in [1.29, 1.82) is 0 Å². The molecule has 1 N–H and O–H groups in total. The average molecular weight is 245 g/mol. The van der Waals surface area contributed by atoms with E-state index in [1.54, 1.807) is 0 Å². The molecule has 1 aromatic carbocycles. The predicted octanol–water partition coefficient (Wildman–Crippen LogP) is 2.36. The van der Waals surface area contributed by atoms with Crippen LogP contribution in [-0.2, 0) is 10.2 Å². The second-order valence-electron chi connectivity index (χ2n) is 2.17. The van der Waals surface area contributed by atoms with E-state index in [9.17, 15) is 12.3 Å². The summed E-state index contributed by atoms with van der Waals surface area (Å²) in [6, 6.07) is 1.91. The third-order valence-corrected chi connectivity index (χ3v) is 2.78. The van der Waals surface area contributed by atoms with E-state index in [1.807, 2.05) is 0 Å². The highest BCUT2D eigenvalue weighted by Crippen LogP contribution is 2.34. The lowest BCUT2D eigenvalue weighted by Crippen LogP contribution is -1.93. The average Bonchev–Trinajstić information content (AvgIpc) is 1.78. The Bertz CT molecular complexity index is 420. The zero-order chi connectivity index (χ0) is 10.2. The zero-order valence-corrected chi connectivity index (χ0v) is 8.29. The minimum Gasteiger partial charge on any atom is -0.506 e. The minimum atomic E-state index is -5.02. The molecule has 0 saturated heterocycles. The van der Waals surface area contributed by atoms with E-state index >= 15 is 0 Å². The molecule has 0 aliphatic rings. The second-order valence-corrected chi connectivity index (χ2v) is 4.30. The molecular weight excluding hydrogens is 242 g/mol. The van der Waals surface area contributed by atoms with Crippen LogP contribution >= 0.6 is 23.2 Å². The lowest BCUT2D eigenvalue weighted by molar-refractivity contribution is 0.455. The summed E-state index contributed by atoms with van der Waals surface area (Å²) < 4.78 is 33.3. The molecule has 0 aliphatic heterocycles. The number of phenolic OH excluding ortho intramolecular Hbond substituents is 1. The fourth-order valence-corrected chi connectivity index (χ4v) is 2.15. The Morgan fingerprint density at radius 2 is 1.85 bits per heavy atom. The van der Waals surface area contributed by atoms with Crippen LogP contribution in [0.5, 0.6) is 5.75 Å². The van der Waals surface area contributed by atoms with E-state index in [0.717, 1.165) is 12.1 Å². The number of benzene rings is 1. The fourth-order valence-electron chi connectivity index (χ4n) is 0.788. The second kappa shape index (κ2) is 3.32. The van der Waals surface area contributed by atoms with Gasteiger partial charge in [0.1, 0.15) is 5.75 Å². The number of hydrogen-bond donors (Lipinski definition) is 1. The van der Waals surface area contributed by atoms with E-state index in [1.165, 1.54) is 0 Å². The SMILES string of the molecule is O=S(=O)(F)c1c(O)cc(Cl)cc1Cl. The van der Waals surface area contributed by atoms with Crippen molar-refractivity contribution in [3.8, 4) is 5.75 Å². The summed E-state index contributed by atoms with van der Waals surface area (Å²) in [5.74, 6) is -0.806. The Morgan fingerprint density at radius 3 is 2.23 bits per heavy atom. The van der Waals surface area contributed by atoms with E-state index in [-0.39, 0.29) is 5.02 Å². The molecule has 7 heteroatoms. The van der Waals surface area contributed by atoms with Gasteiger partial charge in [-0.3, -0.25) is 0 Å². The van der Waals surface area contributed by atoms with Crippen molar-refractivity contribution in [3.05, 3.63) is 22.2 Å². The molecule has 0 radical (unpaired) electrons. The third kappa shape index (κ3) is 2.24. The van der Waals surface area contributed by atoms with Crippen molar-refractivity contribution >= 4 is 33.4 Å². The maximum atomic E-state index is 12.5. The molecule has 0 aliphatic carbocycles. The van der Waals surface area contributed by atoms with Crippen molar-refractivity contribution in [1.82, 2.24) is 0 Å². The molecule has 1 rings (SSSR count). The molecule has 0 amide bonds. The van der Waals surface area contributed by atoms with Crippen LogP contribution < -0.4 is 0 Å². The highest BCUT2D eigenvalue weighted by molar-refractivity contribution is 7.86. The van der Waals surface area contributed by atoms with E-state index in [4.69, 9.17) is 28.3 Å². The van der Waals surface area contributed by atoms with Gasteiger partial charge in [0, 0.05) is 11.1 Å². The van der Waals surface area contributed by atoms with Crippen LogP contribution in [0.25, 0.3) is 0 Å². The highest BCUT2D eigenvalue weighted by Gasteiger charge is 2.22. The zero-order valence-electron chi connectivity index (χ0n) is 5.96. The molecular formula is C6H3Cl2FO3S. The Morgan fingerprint density at radius 1 is 1.31 bits per heavy atom. The first-order valence-corrected chi connectivity index (χ1v) is 5.09. The first-order chi connectivity index (χ1) is 5.82. The first-order valence-electron chi connectivity index (χ1n) is 2.95. The number of aromatic hydroxyl groups is 1. The quantitative estimate of drug-likeness (QED) is 0.772. The largest absolute Gasteiger partial charge is 0.506 e. The molecule has 0 atom stereocenters. The van der Waals surface area contributed by atoms with Gasteiger partial charge in [-0.1, -0.05) is 23.2 Å². The van der Waals surface area contributed by atoms with Crippen LogP contribution in [0.1, 0.15) is 0 Å². The Hall–Kier alpha value is -0.520. The van der Waals surface area contributed by atoms with Crippen molar-refractivity contribution < 1.29 is 17.4 Å². The van der Waals surface area contributed by atoms with Gasteiger partial charge in [0.25, 0.3) is 0 Å². The maximum Gasteiger partial charge on any atom is 0.337 e. The smallest absolute Gasteiger partial charge is 0.337 e. The van der Waals surface area contributed by atoms with Crippen molar-refractivity contribution in [2.24, 2.45) is 0 Å². The van der Waals surface area contributed by atoms with E-state index in [2.05, 4.69) is 0 Å². The lowest BCUT2D eigenvalue weighted by atomic mass is 10.3. The fraction of sp³-hybridized carbons (Fsp3) is 0. The summed E-state index contributed by atoms with van der Waals surface area (Å²) in [6.07, 6.45) is 0. The van der Waals surface area contributed by atoms with E-state index in [0.29, 0.717) is 0 Å². The summed E-state index contributed by atoms with van der Waals surface area (Å²) in [6.45, 7) is 0. The summed E-state index contributed by atoms with van der Waals surface area (Å²) in [7, 11) is -5.02. The van der Waals surface area contributed by atoms with Gasteiger partial charge in [0.2, 0.25) is 0 Å². The van der Waals surface area contributed by atoms with Gasteiger partial charge in [0.05, 0.1) is 5.02 Å². The minimum absolute atomic E-state index is 0.0231. The van der Waals surface area contributed by atoms with Gasteiger partial charge >= 0.3 is 10.2 Å². The standard InChI is InChI=1S/C6H3Cl2FO3S/c7-3-1-4(8)6(5(10)2-3)13(9,11)12/h1-2,10H. The Balaban J connectivity index is 3.57. The molecule has 13 heavy (non-hydrogen) atoms. The van der Waals surface area contributed by atoms with Crippen molar-refractivity contribution in [2.75, 3.05) is 0 Å². The van der Waals surface area contributed by atoms with Gasteiger partial charge in [0.15, 0.2) is 4.90 Å². The topological polar surface area (TPSA) is 54.4 Å². The highest BCUT2D eigenvalue weighted by atomic mass is 35.5. The number of phenols is 1. The van der Waals surface area contributed by atoms with Crippen LogP contribution in [-0.4, -0.2) is 13.5 Å². The van der Waals surface area contributed by atoms with Gasteiger partial charge in [-0.25, -0.2) is 0 Å². The van der Waals surface area contributed by atoms with Crippen LogP contribution in [0.2, 0.25) is 10.0 Å². The van der Waals surface area contributed by atoms with Crippen molar-refractivity contribution in [2.45, 2.75) is 4.90 Å². The summed E-state index contributed by atoms with van der Waals surface area (Å²) >= 11 is 10.8. The van der Waals surface area contributed by atoms with Crippen LogP contribution in [0.4, 0.5) is 3.89 Å². The number of rotatable bonds is 1. The van der Waals surface area contributed by atoms with Crippen LogP contribution in [0, 0.1) is 0 Å². The molecule has 0 fully saturated rings. The molecule has 0 bridgehead atoms. The van der Waals surface area contributed by atoms with Gasteiger partial charge in [-0.15, -0.1) is 3.89 Å². The molecule has 0 saturated carbocycles. The molecule has 72 valence electrons. The lowest BCUT2D eigenvalue weighted by Gasteiger charge is -2.02. The predicted molar refractivity (Wildman–Crippen MR) is 46.4 cm³/mol. The van der Waals surface area contributed by atoms with E-state index < -0.39 is 25.9 Å². The Labute approximate surface area is 83.9 Å². The van der Waals surface area contributed by atoms with Gasteiger partial charge in [-0.05, 0) is 6.07 Å². The number of hydrogen-bond acceptors (Lipinski definition) is 3. The van der Waals surface area contributed by atoms with Crippen molar-refractivity contribution in [3.63, 3.8) is 0 Å². The molecule has 1 aromatic rings. The molecule has 0 unspecified atom stereocenters. The first kappa shape index (κ1) is 10.6. The Kier molecular flexibility index (Phi) is 2.70. The normalized spacial score (nSPS) is 11.6. The number of halogens is 3. The molecule has 3 nitrogen and oxygen atoms in total. The van der Waals surface area contributed by atoms with Gasteiger partial charge < -0.3 is 5.11 Å². The van der Waals surface area contributed by atoms with Gasteiger partial charge in [-0.2, -0.15) is 8.42 Å². The molecule has 0 heterocycles. The van der Waals surface area contributed by atoms with Crippen LogP contribution in [0.15, 0.2) is 17.0 Å². The maximum absolute atomic E-state index is 12.5. The summed E-state index contributed by atoms with van der Waals surface area (Å²) in [5, 5.41) is 8.59. The van der Waals surface area contributed by atoms with Crippen LogP contribution in [0.3, 0.4) is 0 Å².